The number of allylic oxidation sites excluding steroid dienone is 1. The molecule has 6 aliphatic carbocycles. The highest BCUT2D eigenvalue weighted by molar-refractivity contribution is 5.40. The predicted octanol–water partition coefficient (Wildman–Crippen LogP) is 5.41. The van der Waals surface area contributed by atoms with Gasteiger partial charge in [0.2, 0.25) is 0 Å². The third-order valence-electron chi connectivity index (χ3n) is 10.5. The molecule has 0 aromatic carbocycles. The molecule has 0 saturated heterocycles. The van der Waals surface area contributed by atoms with Crippen LogP contribution in [0.4, 0.5) is 0 Å². The van der Waals surface area contributed by atoms with Gasteiger partial charge in [0, 0.05) is 5.41 Å². The van der Waals surface area contributed by atoms with Gasteiger partial charge in [0.25, 0.3) is 0 Å². The van der Waals surface area contributed by atoms with E-state index in [0.717, 1.165) is 55.5 Å². The van der Waals surface area contributed by atoms with Gasteiger partial charge in [0.1, 0.15) is 0 Å². The molecular formula is C24H31NO2. The predicted molar refractivity (Wildman–Crippen MR) is 104 cm³/mol. The standard InChI is InChI=1S/C24H31NO2/c1-22-7-5-15-16-4-3-14(25-26)11-19(16)23(8-9-23)13-18(15)21(22)17-12-20(17)24(22)6-2-10-27-24/h2,6,14-15,17-18,20-21H,3-5,7-13H2,1H3/t14?,15?,17?,18?,20?,21?,22-,24-/m0/s1. The Labute approximate surface area is 162 Å². The van der Waals surface area contributed by atoms with E-state index in [0.29, 0.717) is 10.8 Å². The molecule has 4 fully saturated rings. The third-order valence-corrected chi connectivity index (χ3v) is 10.5. The summed E-state index contributed by atoms with van der Waals surface area (Å²) >= 11 is 0. The van der Waals surface area contributed by atoms with E-state index in [1.54, 1.807) is 5.57 Å². The van der Waals surface area contributed by atoms with Crippen LogP contribution < -0.4 is 0 Å². The molecule has 4 saturated carbocycles. The average Bonchev–Trinajstić information content (AvgIpc) is 3.58. The Balaban J connectivity index is 1.31. The van der Waals surface area contributed by atoms with Gasteiger partial charge in [-0.3, -0.25) is 0 Å². The van der Waals surface area contributed by atoms with Crippen LogP contribution in [0.1, 0.15) is 64.7 Å². The molecule has 0 N–H and O–H groups in total. The van der Waals surface area contributed by atoms with E-state index in [9.17, 15) is 4.91 Å². The summed E-state index contributed by atoms with van der Waals surface area (Å²) < 4.78 is 6.54. The average molecular weight is 366 g/mol. The van der Waals surface area contributed by atoms with Crippen molar-refractivity contribution in [3.63, 3.8) is 0 Å². The van der Waals surface area contributed by atoms with Crippen LogP contribution in [-0.4, -0.2) is 18.2 Å². The molecule has 6 unspecified atom stereocenters. The molecule has 0 amide bonds. The molecular weight excluding hydrogens is 334 g/mol. The van der Waals surface area contributed by atoms with Crippen LogP contribution in [-0.2, 0) is 4.74 Å². The van der Waals surface area contributed by atoms with Crippen molar-refractivity contribution in [1.82, 2.24) is 0 Å². The van der Waals surface area contributed by atoms with E-state index in [1.807, 2.05) is 5.57 Å². The van der Waals surface area contributed by atoms with Gasteiger partial charge in [-0.1, -0.05) is 35.4 Å². The van der Waals surface area contributed by atoms with Gasteiger partial charge in [-0.05, 0) is 92.8 Å². The molecule has 0 bridgehead atoms. The number of nitroso groups, excluding NO2 is 1. The zero-order valence-corrected chi connectivity index (χ0v) is 16.5. The van der Waals surface area contributed by atoms with Crippen molar-refractivity contribution >= 4 is 0 Å². The number of ether oxygens (including phenoxy) is 1. The number of nitrogens with zero attached hydrogens (tertiary/aromatic N) is 1. The first-order valence-electron chi connectivity index (χ1n) is 11.5. The van der Waals surface area contributed by atoms with Gasteiger partial charge in [-0.2, -0.15) is 4.91 Å². The normalized spacial score (nSPS) is 55.9. The number of rotatable bonds is 1. The third kappa shape index (κ3) is 1.71. The topological polar surface area (TPSA) is 38.7 Å². The second-order valence-corrected chi connectivity index (χ2v) is 11.3. The number of hydrogen-bond acceptors (Lipinski definition) is 3. The molecule has 0 aromatic rings. The quantitative estimate of drug-likeness (QED) is 0.460. The Morgan fingerprint density at radius 1 is 1.19 bits per heavy atom. The maximum Gasteiger partial charge on any atom is 0.0960 e. The first-order valence-corrected chi connectivity index (χ1v) is 11.5. The van der Waals surface area contributed by atoms with Gasteiger partial charge < -0.3 is 4.74 Å². The van der Waals surface area contributed by atoms with Crippen molar-refractivity contribution in [1.29, 1.82) is 0 Å². The highest BCUT2D eigenvalue weighted by Gasteiger charge is 2.77. The summed E-state index contributed by atoms with van der Waals surface area (Å²) in [6, 6.07) is 0.0613. The first kappa shape index (κ1) is 15.9. The Morgan fingerprint density at radius 2 is 2.07 bits per heavy atom. The van der Waals surface area contributed by atoms with Crippen LogP contribution in [0, 0.1) is 45.3 Å². The van der Waals surface area contributed by atoms with Crippen molar-refractivity contribution in [3.05, 3.63) is 28.2 Å². The lowest BCUT2D eigenvalue weighted by Gasteiger charge is -2.57. The largest absolute Gasteiger partial charge is 0.366 e. The summed E-state index contributed by atoms with van der Waals surface area (Å²) in [4.78, 5) is 11.2. The summed E-state index contributed by atoms with van der Waals surface area (Å²) in [5, 5.41) is 3.46. The first-order chi connectivity index (χ1) is 13.1. The monoisotopic (exact) mass is 365 g/mol. The molecule has 7 rings (SSSR count). The second kappa shape index (κ2) is 4.78. The minimum absolute atomic E-state index is 0.0613. The minimum atomic E-state index is 0.0613. The van der Waals surface area contributed by atoms with Crippen LogP contribution in [0.2, 0.25) is 0 Å². The zero-order chi connectivity index (χ0) is 18.0. The second-order valence-electron chi connectivity index (χ2n) is 11.3. The molecule has 2 spiro atoms. The SMILES string of the molecule is C[C@]12CCC3C4=C(CC(N=O)CC4)C4(CC4)CC3C1C1CC1[C@@]21C=CCO1. The number of hydrogen-bond donors (Lipinski definition) is 0. The lowest BCUT2D eigenvalue weighted by atomic mass is 9.49. The minimum Gasteiger partial charge on any atom is -0.366 e. The van der Waals surface area contributed by atoms with Crippen LogP contribution in [0.5, 0.6) is 0 Å². The molecule has 3 nitrogen and oxygen atoms in total. The molecule has 0 aromatic heterocycles. The summed E-state index contributed by atoms with van der Waals surface area (Å²) in [6.45, 7) is 3.42. The summed E-state index contributed by atoms with van der Waals surface area (Å²) in [7, 11) is 0. The van der Waals surface area contributed by atoms with E-state index >= 15 is 0 Å². The summed E-state index contributed by atoms with van der Waals surface area (Å²) in [5.41, 5.74) is 4.43. The van der Waals surface area contributed by atoms with Crippen molar-refractivity contribution in [2.45, 2.75) is 76.4 Å². The lowest BCUT2D eigenvalue weighted by molar-refractivity contribution is -0.124. The Bertz CT molecular complexity index is 794. The molecule has 8 atom stereocenters. The van der Waals surface area contributed by atoms with Crippen molar-refractivity contribution in [2.75, 3.05) is 6.61 Å². The molecule has 27 heavy (non-hydrogen) atoms. The fraction of sp³-hybridized carbons (Fsp3) is 0.833. The van der Waals surface area contributed by atoms with Crippen molar-refractivity contribution < 1.29 is 4.74 Å². The van der Waals surface area contributed by atoms with E-state index in [1.165, 1.54) is 38.5 Å². The van der Waals surface area contributed by atoms with E-state index < -0.39 is 0 Å². The lowest BCUT2D eigenvalue weighted by Crippen LogP contribution is -2.54. The Hall–Kier alpha value is -0.960. The van der Waals surface area contributed by atoms with Crippen LogP contribution in [0.15, 0.2) is 28.5 Å². The fourth-order valence-electron chi connectivity index (χ4n) is 9.31. The van der Waals surface area contributed by atoms with E-state index in [-0.39, 0.29) is 11.6 Å². The van der Waals surface area contributed by atoms with E-state index in [2.05, 4.69) is 24.3 Å². The maximum atomic E-state index is 11.2. The fourth-order valence-corrected chi connectivity index (χ4v) is 9.31. The van der Waals surface area contributed by atoms with E-state index in [4.69, 9.17) is 4.74 Å². The van der Waals surface area contributed by atoms with Gasteiger partial charge in [-0.25, -0.2) is 0 Å². The van der Waals surface area contributed by atoms with Crippen molar-refractivity contribution in [3.8, 4) is 0 Å². The summed E-state index contributed by atoms with van der Waals surface area (Å²) in [5.74, 6) is 4.25. The Morgan fingerprint density at radius 3 is 2.81 bits per heavy atom. The van der Waals surface area contributed by atoms with Gasteiger partial charge >= 0.3 is 0 Å². The smallest absolute Gasteiger partial charge is 0.0960 e. The number of fused-ring (bicyclic) bond motifs is 9. The molecule has 7 aliphatic rings. The maximum absolute atomic E-state index is 11.2. The molecule has 1 aliphatic heterocycles. The summed E-state index contributed by atoms with van der Waals surface area (Å²) in [6.07, 6.45) is 16.2. The van der Waals surface area contributed by atoms with Crippen LogP contribution in [0.3, 0.4) is 0 Å². The highest BCUT2D eigenvalue weighted by atomic mass is 16.5. The van der Waals surface area contributed by atoms with Gasteiger partial charge in [-0.15, -0.1) is 0 Å². The molecule has 3 heteroatoms. The molecule has 144 valence electrons. The highest BCUT2D eigenvalue weighted by Crippen LogP contribution is 2.79. The molecule has 0 radical (unpaired) electrons. The van der Waals surface area contributed by atoms with Gasteiger partial charge in [0.15, 0.2) is 0 Å². The molecule has 1 heterocycles. The van der Waals surface area contributed by atoms with Crippen LogP contribution in [0.25, 0.3) is 0 Å². The van der Waals surface area contributed by atoms with Crippen molar-refractivity contribution in [2.24, 2.45) is 45.6 Å². The van der Waals surface area contributed by atoms with Gasteiger partial charge in [0.05, 0.1) is 18.2 Å². The zero-order valence-electron chi connectivity index (χ0n) is 16.5. The Kier molecular flexibility index (Phi) is 2.81. The van der Waals surface area contributed by atoms with Crippen LogP contribution >= 0.6 is 0 Å².